The molecule has 0 bridgehead atoms. The molecule has 92 valence electrons. The second kappa shape index (κ2) is 5.54. The Morgan fingerprint density at radius 1 is 1.47 bits per heavy atom. The van der Waals surface area contributed by atoms with Gasteiger partial charge >= 0.3 is 0 Å². The number of hydrogen-bond acceptors (Lipinski definition) is 3. The molecule has 0 radical (unpaired) electrons. The Morgan fingerprint density at radius 3 is 2.94 bits per heavy atom. The number of rotatable bonds is 3. The van der Waals surface area contributed by atoms with E-state index in [0.717, 1.165) is 41.4 Å². The van der Waals surface area contributed by atoms with Crippen LogP contribution in [0.5, 0.6) is 0 Å². The molecule has 3 N–H and O–H groups in total. The number of benzene rings is 1. The molecule has 0 amide bonds. The molecule has 1 aliphatic heterocycles. The van der Waals surface area contributed by atoms with E-state index in [-0.39, 0.29) is 6.04 Å². The molecular formula is C13H17ClN2O. The molecule has 1 atom stereocenters. The minimum atomic E-state index is -0.117. The Labute approximate surface area is 107 Å². The summed E-state index contributed by atoms with van der Waals surface area (Å²) in [6, 6.07) is 5.71. The highest BCUT2D eigenvalue weighted by atomic mass is 35.5. The van der Waals surface area contributed by atoms with Gasteiger partial charge in [-0.1, -0.05) is 23.7 Å². The number of hydrogen-bond donors (Lipinski definition) is 2. The van der Waals surface area contributed by atoms with Crippen LogP contribution in [0.3, 0.4) is 0 Å². The fourth-order valence-electron chi connectivity index (χ4n) is 2.04. The summed E-state index contributed by atoms with van der Waals surface area (Å²) < 4.78 is 5.66. The lowest BCUT2D eigenvalue weighted by Gasteiger charge is -2.25. The van der Waals surface area contributed by atoms with Crippen molar-refractivity contribution in [2.75, 3.05) is 6.61 Å². The average molecular weight is 253 g/mol. The number of allylic oxidation sites excluding steroid dienone is 1. The summed E-state index contributed by atoms with van der Waals surface area (Å²) in [4.78, 5) is 0. The molecular weight excluding hydrogens is 236 g/mol. The van der Waals surface area contributed by atoms with Crippen LogP contribution in [0.2, 0.25) is 5.02 Å². The third-order valence-electron chi connectivity index (χ3n) is 3.03. The van der Waals surface area contributed by atoms with Crippen molar-refractivity contribution in [1.29, 1.82) is 0 Å². The van der Waals surface area contributed by atoms with E-state index in [4.69, 9.17) is 22.2 Å². The lowest BCUT2D eigenvalue weighted by Crippen LogP contribution is -2.31. The van der Waals surface area contributed by atoms with E-state index in [2.05, 4.69) is 11.5 Å². The summed E-state index contributed by atoms with van der Waals surface area (Å²) in [5, 5.41) is 0.749. The number of ether oxygens (including phenoxy) is 1. The van der Waals surface area contributed by atoms with Gasteiger partial charge in [0.2, 0.25) is 0 Å². The smallest absolute Gasteiger partial charge is 0.115 e. The first-order valence-electron chi connectivity index (χ1n) is 5.78. The summed E-state index contributed by atoms with van der Waals surface area (Å²) >= 11 is 6.12. The average Bonchev–Trinajstić information content (AvgIpc) is 2.37. The molecule has 17 heavy (non-hydrogen) atoms. The van der Waals surface area contributed by atoms with E-state index in [0.29, 0.717) is 0 Å². The molecule has 0 saturated carbocycles. The van der Waals surface area contributed by atoms with E-state index < -0.39 is 0 Å². The van der Waals surface area contributed by atoms with Crippen molar-refractivity contribution >= 4 is 11.6 Å². The van der Waals surface area contributed by atoms with Gasteiger partial charge < -0.3 is 4.74 Å². The molecule has 0 aromatic heterocycles. The molecule has 4 heteroatoms. The summed E-state index contributed by atoms with van der Waals surface area (Å²) in [5.74, 6) is 6.53. The van der Waals surface area contributed by atoms with Crippen molar-refractivity contribution in [2.45, 2.75) is 25.8 Å². The molecule has 0 aliphatic carbocycles. The van der Waals surface area contributed by atoms with Gasteiger partial charge in [-0.05, 0) is 43.0 Å². The van der Waals surface area contributed by atoms with Gasteiger partial charge in [0, 0.05) is 5.02 Å². The predicted molar refractivity (Wildman–Crippen MR) is 69.5 cm³/mol. The quantitative estimate of drug-likeness (QED) is 0.642. The summed E-state index contributed by atoms with van der Waals surface area (Å²) in [6.07, 6.45) is 4.19. The second-order valence-electron chi connectivity index (χ2n) is 4.15. The monoisotopic (exact) mass is 252 g/mol. The number of nitrogens with two attached hydrogens (primary N) is 1. The van der Waals surface area contributed by atoms with Crippen LogP contribution in [0.1, 0.15) is 30.0 Å². The maximum atomic E-state index is 6.12. The van der Waals surface area contributed by atoms with Gasteiger partial charge in [-0.2, -0.15) is 0 Å². The zero-order valence-electron chi connectivity index (χ0n) is 9.87. The highest BCUT2D eigenvalue weighted by Gasteiger charge is 2.20. The minimum Gasteiger partial charge on any atom is -0.496 e. The van der Waals surface area contributed by atoms with Crippen LogP contribution < -0.4 is 11.3 Å². The van der Waals surface area contributed by atoms with Crippen molar-refractivity contribution in [1.82, 2.24) is 5.43 Å². The van der Waals surface area contributed by atoms with E-state index in [1.165, 1.54) is 0 Å². The Hall–Kier alpha value is -1.03. The van der Waals surface area contributed by atoms with Gasteiger partial charge in [0.1, 0.15) is 11.8 Å². The Morgan fingerprint density at radius 2 is 2.29 bits per heavy atom. The molecule has 0 fully saturated rings. The van der Waals surface area contributed by atoms with Crippen molar-refractivity contribution in [3.63, 3.8) is 0 Å². The molecule has 2 rings (SSSR count). The largest absolute Gasteiger partial charge is 0.496 e. The topological polar surface area (TPSA) is 47.3 Å². The number of halogens is 1. The molecule has 1 heterocycles. The van der Waals surface area contributed by atoms with Crippen molar-refractivity contribution in [2.24, 2.45) is 5.84 Å². The molecule has 3 nitrogen and oxygen atoms in total. The van der Waals surface area contributed by atoms with Gasteiger partial charge in [0.15, 0.2) is 0 Å². The number of nitrogens with one attached hydrogen (secondary N) is 1. The molecule has 0 spiro atoms. The SMILES string of the molecule is Cc1c(Cl)cccc1C(NN)C1=CCCCO1. The van der Waals surface area contributed by atoms with Gasteiger partial charge in [0.05, 0.1) is 6.61 Å². The van der Waals surface area contributed by atoms with Gasteiger partial charge in [-0.25, -0.2) is 5.43 Å². The van der Waals surface area contributed by atoms with Crippen LogP contribution in [-0.4, -0.2) is 6.61 Å². The first kappa shape index (κ1) is 12.4. The third-order valence-corrected chi connectivity index (χ3v) is 3.44. The lowest BCUT2D eigenvalue weighted by molar-refractivity contribution is 0.167. The van der Waals surface area contributed by atoms with Gasteiger partial charge in [-0.15, -0.1) is 0 Å². The van der Waals surface area contributed by atoms with E-state index in [9.17, 15) is 0 Å². The maximum absolute atomic E-state index is 6.12. The maximum Gasteiger partial charge on any atom is 0.115 e. The van der Waals surface area contributed by atoms with Crippen molar-refractivity contribution in [3.8, 4) is 0 Å². The van der Waals surface area contributed by atoms with E-state index in [1.807, 2.05) is 25.1 Å². The van der Waals surface area contributed by atoms with E-state index in [1.54, 1.807) is 0 Å². The zero-order valence-corrected chi connectivity index (χ0v) is 10.6. The van der Waals surface area contributed by atoms with Gasteiger partial charge in [-0.3, -0.25) is 5.84 Å². The van der Waals surface area contributed by atoms with Gasteiger partial charge in [0.25, 0.3) is 0 Å². The summed E-state index contributed by atoms with van der Waals surface area (Å²) in [5.41, 5.74) is 4.90. The summed E-state index contributed by atoms with van der Waals surface area (Å²) in [7, 11) is 0. The van der Waals surface area contributed by atoms with Crippen molar-refractivity contribution in [3.05, 3.63) is 46.2 Å². The Balaban J connectivity index is 2.34. The van der Waals surface area contributed by atoms with Crippen LogP contribution in [0.25, 0.3) is 0 Å². The van der Waals surface area contributed by atoms with Crippen molar-refractivity contribution < 1.29 is 4.74 Å². The van der Waals surface area contributed by atoms with Crippen LogP contribution >= 0.6 is 11.6 Å². The summed E-state index contributed by atoms with van der Waals surface area (Å²) in [6.45, 7) is 2.75. The zero-order chi connectivity index (χ0) is 12.3. The highest BCUT2D eigenvalue weighted by molar-refractivity contribution is 6.31. The molecule has 1 aromatic rings. The number of hydrazine groups is 1. The van der Waals surface area contributed by atoms with Crippen LogP contribution in [-0.2, 0) is 4.74 Å². The molecule has 1 aromatic carbocycles. The first-order chi connectivity index (χ1) is 8.24. The van der Waals surface area contributed by atoms with Crippen LogP contribution in [0.15, 0.2) is 30.0 Å². The molecule has 0 saturated heterocycles. The molecule has 1 aliphatic rings. The minimum absolute atomic E-state index is 0.117. The molecule has 1 unspecified atom stereocenters. The lowest BCUT2D eigenvalue weighted by atomic mass is 9.99. The normalized spacial score (nSPS) is 17.2. The first-order valence-corrected chi connectivity index (χ1v) is 6.16. The third kappa shape index (κ3) is 2.63. The van der Waals surface area contributed by atoms with Crippen LogP contribution in [0.4, 0.5) is 0 Å². The van der Waals surface area contributed by atoms with E-state index >= 15 is 0 Å². The Bertz CT molecular complexity index is 431. The fourth-order valence-corrected chi connectivity index (χ4v) is 2.22. The fraction of sp³-hybridized carbons (Fsp3) is 0.385. The standard InChI is InChI=1S/C13H17ClN2O/c1-9-10(5-4-6-11(9)14)13(16-15)12-7-2-3-8-17-12/h4-7,13,16H,2-3,8,15H2,1H3. The highest BCUT2D eigenvalue weighted by Crippen LogP contribution is 2.30. The second-order valence-corrected chi connectivity index (χ2v) is 4.56. The predicted octanol–water partition coefficient (Wildman–Crippen LogP) is 2.85. The van der Waals surface area contributed by atoms with Crippen LogP contribution in [0, 0.1) is 6.92 Å². The Kier molecular flexibility index (Phi) is 4.05.